The third-order valence-electron chi connectivity index (χ3n) is 3.55. The first kappa shape index (κ1) is 10.3. The van der Waals surface area contributed by atoms with Gasteiger partial charge >= 0.3 is 0 Å². The Labute approximate surface area is 80.1 Å². The average molecular weight is 192 g/mol. The van der Waals surface area contributed by atoms with E-state index in [-0.39, 0.29) is 12.4 Å². The van der Waals surface area contributed by atoms with E-state index in [1.807, 2.05) is 0 Å². The third kappa shape index (κ3) is 1.48. The van der Waals surface area contributed by atoms with E-state index >= 15 is 0 Å². The standard InChI is InChI=1S/C9H17NO.ClH/c11-6-8-5-10-7-9(8)3-1-2-4-9;/h8,10-11H,1-7H2;1H. The lowest BCUT2D eigenvalue weighted by atomic mass is 9.77. The molecule has 0 aromatic rings. The Bertz CT molecular complexity index is 140. The van der Waals surface area contributed by atoms with Gasteiger partial charge in [-0.2, -0.15) is 0 Å². The van der Waals surface area contributed by atoms with E-state index in [2.05, 4.69) is 5.32 Å². The molecule has 1 aliphatic heterocycles. The average Bonchev–Trinajstić information content (AvgIpc) is 2.62. The van der Waals surface area contributed by atoms with Gasteiger partial charge in [0.05, 0.1) is 0 Å². The van der Waals surface area contributed by atoms with Gasteiger partial charge in [-0.05, 0) is 18.3 Å². The summed E-state index contributed by atoms with van der Waals surface area (Å²) in [5, 5.41) is 12.5. The topological polar surface area (TPSA) is 32.3 Å². The summed E-state index contributed by atoms with van der Waals surface area (Å²) in [7, 11) is 0. The zero-order valence-electron chi connectivity index (χ0n) is 7.38. The van der Waals surface area contributed by atoms with E-state index < -0.39 is 0 Å². The van der Waals surface area contributed by atoms with Crippen molar-refractivity contribution in [2.45, 2.75) is 25.7 Å². The van der Waals surface area contributed by atoms with Crippen molar-refractivity contribution >= 4 is 12.4 Å². The number of halogens is 1. The normalized spacial score (nSPS) is 32.2. The lowest BCUT2D eigenvalue weighted by Gasteiger charge is -2.28. The molecule has 0 aromatic carbocycles. The van der Waals surface area contributed by atoms with Gasteiger partial charge in [0.25, 0.3) is 0 Å². The van der Waals surface area contributed by atoms with Crippen LogP contribution < -0.4 is 5.32 Å². The summed E-state index contributed by atoms with van der Waals surface area (Å²) in [5.41, 5.74) is 0.495. The lowest BCUT2D eigenvalue weighted by molar-refractivity contribution is 0.137. The highest BCUT2D eigenvalue weighted by molar-refractivity contribution is 5.85. The van der Waals surface area contributed by atoms with Crippen LogP contribution in [0.25, 0.3) is 0 Å². The molecule has 1 heterocycles. The molecular formula is C9H18ClNO. The second-order valence-electron chi connectivity index (χ2n) is 4.08. The van der Waals surface area contributed by atoms with E-state index in [4.69, 9.17) is 5.11 Å². The molecule has 0 amide bonds. The van der Waals surface area contributed by atoms with Gasteiger partial charge in [0.2, 0.25) is 0 Å². The molecule has 12 heavy (non-hydrogen) atoms. The van der Waals surface area contributed by atoms with Gasteiger partial charge in [0.15, 0.2) is 0 Å². The highest BCUT2D eigenvalue weighted by Gasteiger charge is 2.43. The fraction of sp³-hybridized carbons (Fsp3) is 1.00. The Morgan fingerprint density at radius 2 is 2.00 bits per heavy atom. The van der Waals surface area contributed by atoms with Crippen molar-refractivity contribution in [3.05, 3.63) is 0 Å². The predicted octanol–water partition coefficient (Wildman–Crippen LogP) is 1.18. The molecule has 1 atom stereocenters. The van der Waals surface area contributed by atoms with Crippen molar-refractivity contribution in [1.82, 2.24) is 5.32 Å². The Hall–Kier alpha value is 0.210. The fourth-order valence-corrected chi connectivity index (χ4v) is 2.78. The molecule has 1 saturated heterocycles. The first-order valence-corrected chi connectivity index (χ1v) is 4.69. The fourth-order valence-electron chi connectivity index (χ4n) is 2.78. The molecule has 2 rings (SSSR count). The second kappa shape index (κ2) is 3.95. The monoisotopic (exact) mass is 191 g/mol. The molecular weight excluding hydrogens is 174 g/mol. The molecule has 1 saturated carbocycles. The quantitative estimate of drug-likeness (QED) is 0.653. The van der Waals surface area contributed by atoms with Gasteiger partial charge in [-0.3, -0.25) is 0 Å². The van der Waals surface area contributed by atoms with Crippen LogP contribution >= 0.6 is 12.4 Å². The summed E-state index contributed by atoms with van der Waals surface area (Å²) in [5.74, 6) is 0.546. The van der Waals surface area contributed by atoms with Crippen molar-refractivity contribution < 1.29 is 5.11 Å². The first-order chi connectivity index (χ1) is 5.37. The first-order valence-electron chi connectivity index (χ1n) is 4.69. The summed E-state index contributed by atoms with van der Waals surface area (Å²) >= 11 is 0. The van der Waals surface area contributed by atoms with Crippen LogP contribution in [0.1, 0.15) is 25.7 Å². The Morgan fingerprint density at radius 1 is 1.33 bits per heavy atom. The smallest absolute Gasteiger partial charge is 0.0477 e. The van der Waals surface area contributed by atoms with E-state index in [1.54, 1.807) is 0 Å². The molecule has 0 aromatic heterocycles. The summed E-state index contributed by atoms with van der Waals surface area (Å²) < 4.78 is 0. The van der Waals surface area contributed by atoms with Crippen LogP contribution in [0, 0.1) is 11.3 Å². The highest BCUT2D eigenvalue weighted by Crippen LogP contribution is 2.45. The molecule has 3 heteroatoms. The molecule has 72 valence electrons. The maximum absolute atomic E-state index is 9.15. The van der Waals surface area contributed by atoms with Crippen LogP contribution in [0.5, 0.6) is 0 Å². The van der Waals surface area contributed by atoms with Gasteiger partial charge in [-0.25, -0.2) is 0 Å². The Balaban J connectivity index is 0.000000720. The highest BCUT2D eigenvalue weighted by atomic mass is 35.5. The van der Waals surface area contributed by atoms with Crippen LogP contribution in [-0.4, -0.2) is 24.8 Å². The molecule has 2 N–H and O–H groups in total. The van der Waals surface area contributed by atoms with E-state index in [9.17, 15) is 0 Å². The zero-order chi connectivity index (χ0) is 7.73. The predicted molar refractivity (Wildman–Crippen MR) is 51.6 cm³/mol. The summed E-state index contributed by atoms with van der Waals surface area (Å²) in [4.78, 5) is 0. The van der Waals surface area contributed by atoms with E-state index in [1.165, 1.54) is 25.7 Å². The van der Waals surface area contributed by atoms with Crippen LogP contribution in [0.2, 0.25) is 0 Å². The Morgan fingerprint density at radius 3 is 2.58 bits per heavy atom. The third-order valence-corrected chi connectivity index (χ3v) is 3.55. The van der Waals surface area contributed by atoms with Crippen molar-refractivity contribution in [2.24, 2.45) is 11.3 Å². The molecule has 0 bridgehead atoms. The largest absolute Gasteiger partial charge is 0.396 e. The van der Waals surface area contributed by atoms with E-state index in [0.717, 1.165) is 13.1 Å². The minimum atomic E-state index is 0. The maximum Gasteiger partial charge on any atom is 0.0477 e. The van der Waals surface area contributed by atoms with Gasteiger partial charge in [0.1, 0.15) is 0 Å². The summed E-state index contributed by atoms with van der Waals surface area (Å²) in [6.07, 6.45) is 5.42. The Kier molecular flexibility index (Phi) is 3.38. The number of rotatable bonds is 1. The molecule has 1 unspecified atom stereocenters. The lowest BCUT2D eigenvalue weighted by Crippen LogP contribution is -2.28. The second-order valence-corrected chi connectivity index (χ2v) is 4.08. The van der Waals surface area contributed by atoms with Crippen molar-refractivity contribution in [2.75, 3.05) is 19.7 Å². The van der Waals surface area contributed by atoms with Gasteiger partial charge in [-0.1, -0.05) is 12.8 Å². The maximum atomic E-state index is 9.15. The number of hydrogen-bond acceptors (Lipinski definition) is 2. The number of nitrogens with one attached hydrogen (secondary N) is 1. The summed E-state index contributed by atoms with van der Waals surface area (Å²) in [6, 6.07) is 0. The van der Waals surface area contributed by atoms with E-state index in [0.29, 0.717) is 17.9 Å². The molecule has 2 aliphatic rings. The molecule has 2 fully saturated rings. The zero-order valence-corrected chi connectivity index (χ0v) is 8.20. The summed E-state index contributed by atoms with van der Waals surface area (Å²) in [6.45, 7) is 2.57. The van der Waals surface area contributed by atoms with Crippen LogP contribution in [-0.2, 0) is 0 Å². The molecule has 1 aliphatic carbocycles. The van der Waals surface area contributed by atoms with Crippen molar-refractivity contribution in [3.63, 3.8) is 0 Å². The van der Waals surface area contributed by atoms with Crippen LogP contribution in [0.4, 0.5) is 0 Å². The SMILES string of the molecule is Cl.OCC1CNCC12CCCC2. The number of hydrogen-bond donors (Lipinski definition) is 2. The van der Waals surface area contributed by atoms with Crippen LogP contribution in [0.15, 0.2) is 0 Å². The molecule has 2 nitrogen and oxygen atoms in total. The van der Waals surface area contributed by atoms with Crippen molar-refractivity contribution in [1.29, 1.82) is 0 Å². The number of aliphatic hydroxyl groups excluding tert-OH is 1. The number of aliphatic hydroxyl groups is 1. The molecule has 0 radical (unpaired) electrons. The van der Waals surface area contributed by atoms with Crippen molar-refractivity contribution in [3.8, 4) is 0 Å². The van der Waals surface area contributed by atoms with Gasteiger partial charge in [0, 0.05) is 25.6 Å². The van der Waals surface area contributed by atoms with Gasteiger partial charge in [-0.15, -0.1) is 12.4 Å². The minimum absolute atomic E-state index is 0. The van der Waals surface area contributed by atoms with Crippen LogP contribution in [0.3, 0.4) is 0 Å². The minimum Gasteiger partial charge on any atom is -0.396 e. The molecule has 1 spiro atoms. The van der Waals surface area contributed by atoms with Gasteiger partial charge < -0.3 is 10.4 Å².